The van der Waals surface area contributed by atoms with Gasteiger partial charge in [0, 0.05) is 48.0 Å². The first-order valence-electron chi connectivity index (χ1n) is 11.0. The molecule has 0 saturated heterocycles. The fourth-order valence-corrected chi connectivity index (χ4v) is 3.77. The molecule has 2 heterocycles. The molecule has 0 fully saturated rings. The molecule has 0 saturated carbocycles. The van der Waals surface area contributed by atoms with Crippen LogP contribution in [0.4, 0.5) is 10.1 Å². The number of hydrogen-bond donors (Lipinski definition) is 2. The first kappa shape index (κ1) is 26.3. The number of halogens is 1. The highest BCUT2D eigenvalue weighted by Gasteiger charge is 2.28. The number of fused-ring (bicyclic) bond motifs is 1. The molecule has 3 aromatic rings. The van der Waals surface area contributed by atoms with Gasteiger partial charge >= 0.3 is 11.7 Å². The summed E-state index contributed by atoms with van der Waals surface area (Å²) in [5, 5.41) is 36.1. The molecule has 3 rings (SSSR count). The topological polar surface area (TPSA) is 142 Å². The van der Waals surface area contributed by atoms with Gasteiger partial charge in [-0.2, -0.15) is 9.49 Å². The molecule has 2 aromatic heterocycles. The SMILES string of the molecule is COC(=O)c1cnn(CCCOC[C@@H](O)Cn2c(C(C)(C)CO)cc3cc([N+](=O)[O-])c(F)cc32)c1. The van der Waals surface area contributed by atoms with Gasteiger partial charge in [-0.15, -0.1) is 0 Å². The predicted molar refractivity (Wildman–Crippen MR) is 124 cm³/mol. The smallest absolute Gasteiger partial charge is 0.341 e. The van der Waals surface area contributed by atoms with Crippen LogP contribution in [0.1, 0.15) is 36.3 Å². The van der Waals surface area contributed by atoms with Crippen LogP contribution in [0.15, 0.2) is 30.6 Å². The van der Waals surface area contributed by atoms with E-state index in [1.807, 2.05) is 0 Å². The number of hydrogen-bond acceptors (Lipinski definition) is 8. The van der Waals surface area contributed by atoms with Crippen molar-refractivity contribution in [2.75, 3.05) is 26.9 Å². The molecule has 0 spiro atoms. The monoisotopic (exact) mass is 492 g/mol. The maximum absolute atomic E-state index is 14.3. The van der Waals surface area contributed by atoms with E-state index in [9.17, 15) is 29.5 Å². The fraction of sp³-hybridized carbons (Fsp3) is 0.478. The number of carbonyl (C=O) groups is 1. The molecule has 1 atom stereocenters. The lowest BCUT2D eigenvalue weighted by molar-refractivity contribution is -0.387. The average Bonchev–Trinajstić information content (AvgIpc) is 3.43. The van der Waals surface area contributed by atoms with Gasteiger partial charge in [0.2, 0.25) is 5.82 Å². The summed E-state index contributed by atoms with van der Waals surface area (Å²) >= 11 is 0. The van der Waals surface area contributed by atoms with E-state index in [4.69, 9.17) is 4.74 Å². The average molecular weight is 493 g/mol. The number of benzene rings is 1. The number of ether oxygens (including phenoxy) is 2. The van der Waals surface area contributed by atoms with E-state index in [0.717, 1.165) is 12.1 Å². The van der Waals surface area contributed by atoms with Crippen LogP contribution in [-0.4, -0.2) is 68.5 Å². The van der Waals surface area contributed by atoms with E-state index in [2.05, 4.69) is 9.84 Å². The summed E-state index contributed by atoms with van der Waals surface area (Å²) in [7, 11) is 1.30. The lowest BCUT2D eigenvalue weighted by atomic mass is 9.90. The highest BCUT2D eigenvalue weighted by atomic mass is 19.1. The molecular weight excluding hydrogens is 463 g/mol. The van der Waals surface area contributed by atoms with Crippen molar-refractivity contribution in [3.05, 3.63) is 57.8 Å². The maximum atomic E-state index is 14.3. The summed E-state index contributed by atoms with van der Waals surface area (Å²) in [4.78, 5) is 21.8. The molecule has 0 aliphatic rings. The highest BCUT2D eigenvalue weighted by Crippen LogP contribution is 2.33. The molecule has 12 heteroatoms. The summed E-state index contributed by atoms with van der Waals surface area (Å²) < 4.78 is 27.8. The first-order valence-corrected chi connectivity index (χ1v) is 11.0. The Bertz CT molecular complexity index is 1200. The third kappa shape index (κ3) is 6.02. The Morgan fingerprint density at radius 1 is 1.34 bits per heavy atom. The van der Waals surface area contributed by atoms with Crippen molar-refractivity contribution in [2.24, 2.45) is 0 Å². The zero-order valence-corrected chi connectivity index (χ0v) is 19.8. The van der Waals surface area contributed by atoms with Gasteiger partial charge in [-0.3, -0.25) is 14.8 Å². The number of nitro groups is 1. The molecule has 35 heavy (non-hydrogen) atoms. The molecule has 0 aliphatic carbocycles. The van der Waals surface area contributed by atoms with Gasteiger partial charge in [0.05, 0.1) is 55.2 Å². The summed E-state index contributed by atoms with van der Waals surface area (Å²) in [6.45, 7) is 4.22. The zero-order chi connectivity index (χ0) is 25.8. The normalized spacial score (nSPS) is 12.7. The van der Waals surface area contributed by atoms with Gasteiger partial charge < -0.3 is 24.3 Å². The number of nitrogens with zero attached hydrogens (tertiary/aromatic N) is 4. The van der Waals surface area contributed by atoms with E-state index >= 15 is 0 Å². The molecule has 0 unspecified atom stereocenters. The minimum atomic E-state index is -0.977. The van der Waals surface area contributed by atoms with Crippen LogP contribution < -0.4 is 0 Å². The standard InChI is InChI=1S/C23H29FN4O7/c1-23(2,14-29)21-8-15-7-20(28(32)33)18(24)9-19(15)27(21)12-17(30)13-35-6-4-5-26-11-16(10-25-26)22(31)34-3/h7-11,17,29-30H,4-6,12-14H2,1-3H3/t17-/m0/s1. The van der Waals surface area contributed by atoms with Gasteiger partial charge in [-0.25, -0.2) is 4.79 Å². The number of aryl methyl sites for hydroxylation is 1. The van der Waals surface area contributed by atoms with Crippen molar-refractivity contribution in [2.45, 2.75) is 44.9 Å². The van der Waals surface area contributed by atoms with Crippen LogP contribution in [0.25, 0.3) is 10.9 Å². The molecule has 0 bridgehead atoms. The van der Waals surface area contributed by atoms with Crippen LogP contribution in [0, 0.1) is 15.9 Å². The second-order valence-corrected chi connectivity index (χ2v) is 8.87. The Labute approximate surface area is 200 Å². The Kier molecular flexibility index (Phi) is 8.20. The second kappa shape index (κ2) is 10.9. The minimum absolute atomic E-state index is 0.000643. The Morgan fingerprint density at radius 2 is 2.09 bits per heavy atom. The lowest BCUT2D eigenvalue weighted by Gasteiger charge is -2.26. The minimum Gasteiger partial charge on any atom is -0.465 e. The molecule has 0 aliphatic heterocycles. The van der Waals surface area contributed by atoms with Gasteiger partial charge in [0.25, 0.3) is 0 Å². The number of esters is 1. The van der Waals surface area contributed by atoms with Crippen LogP contribution in [0.2, 0.25) is 0 Å². The van der Waals surface area contributed by atoms with Crippen molar-refractivity contribution in [1.29, 1.82) is 0 Å². The van der Waals surface area contributed by atoms with Crippen molar-refractivity contribution in [3.63, 3.8) is 0 Å². The number of carbonyl (C=O) groups excluding carboxylic acids is 1. The second-order valence-electron chi connectivity index (χ2n) is 8.87. The number of aromatic nitrogens is 3. The van der Waals surface area contributed by atoms with E-state index in [0.29, 0.717) is 41.7 Å². The zero-order valence-electron chi connectivity index (χ0n) is 19.8. The Morgan fingerprint density at radius 3 is 2.74 bits per heavy atom. The predicted octanol–water partition coefficient (Wildman–Crippen LogP) is 2.41. The third-order valence-corrected chi connectivity index (χ3v) is 5.69. The fourth-order valence-electron chi connectivity index (χ4n) is 3.77. The van der Waals surface area contributed by atoms with E-state index in [1.54, 1.807) is 35.4 Å². The molecular formula is C23H29FN4O7. The maximum Gasteiger partial charge on any atom is 0.341 e. The summed E-state index contributed by atoms with van der Waals surface area (Å²) in [6.07, 6.45) is 2.62. The largest absolute Gasteiger partial charge is 0.465 e. The summed E-state index contributed by atoms with van der Waals surface area (Å²) in [5.41, 5.74) is -0.0377. The molecule has 0 radical (unpaired) electrons. The molecule has 11 nitrogen and oxygen atoms in total. The quantitative estimate of drug-likeness (QED) is 0.170. The molecule has 0 amide bonds. The molecule has 190 valence electrons. The number of nitro benzene ring substituents is 1. The van der Waals surface area contributed by atoms with Crippen LogP contribution in [0.5, 0.6) is 0 Å². The lowest BCUT2D eigenvalue weighted by Crippen LogP contribution is -2.29. The number of aliphatic hydroxyl groups excluding tert-OH is 2. The van der Waals surface area contributed by atoms with Gasteiger partial charge in [0.1, 0.15) is 0 Å². The number of methoxy groups -OCH3 is 1. The van der Waals surface area contributed by atoms with Crippen molar-refractivity contribution in [1.82, 2.24) is 14.3 Å². The van der Waals surface area contributed by atoms with Gasteiger partial charge in [-0.05, 0) is 12.5 Å². The van der Waals surface area contributed by atoms with Crippen LogP contribution in [-0.2, 0) is 28.0 Å². The van der Waals surface area contributed by atoms with E-state index in [1.165, 1.54) is 13.3 Å². The molecule has 1 aromatic carbocycles. The van der Waals surface area contributed by atoms with Gasteiger partial charge in [0.15, 0.2) is 0 Å². The van der Waals surface area contributed by atoms with Crippen LogP contribution in [0.3, 0.4) is 0 Å². The van der Waals surface area contributed by atoms with Crippen molar-refractivity contribution in [3.8, 4) is 0 Å². The van der Waals surface area contributed by atoms with E-state index < -0.39 is 33.9 Å². The number of aliphatic hydroxyl groups is 2. The highest BCUT2D eigenvalue weighted by molar-refractivity contribution is 5.88. The Hall–Kier alpha value is -3.35. The van der Waals surface area contributed by atoms with Gasteiger partial charge in [-0.1, -0.05) is 13.8 Å². The molecule has 2 N–H and O–H groups in total. The first-order chi connectivity index (χ1) is 16.6. The van der Waals surface area contributed by atoms with E-state index in [-0.39, 0.29) is 19.8 Å². The summed E-state index contributed by atoms with van der Waals surface area (Å²) in [5.74, 6) is -1.44. The van der Waals surface area contributed by atoms with Crippen molar-refractivity contribution >= 4 is 22.6 Å². The summed E-state index contributed by atoms with van der Waals surface area (Å²) in [6, 6.07) is 3.89. The third-order valence-electron chi connectivity index (χ3n) is 5.69. The number of rotatable bonds is 12. The van der Waals surface area contributed by atoms with Crippen molar-refractivity contribution < 1.29 is 33.8 Å². The van der Waals surface area contributed by atoms with Crippen LogP contribution >= 0.6 is 0 Å². The Balaban J connectivity index is 1.65.